The van der Waals surface area contributed by atoms with Gasteiger partial charge in [0, 0.05) is 6.04 Å². The molecule has 15 heavy (non-hydrogen) atoms. The number of aromatic carboxylic acids is 1. The maximum Gasteiger partial charge on any atom is 0.339 e. The molecule has 0 radical (unpaired) electrons. The van der Waals surface area contributed by atoms with E-state index in [0.29, 0.717) is 17.6 Å². The van der Waals surface area contributed by atoms with Crippen molar-refractivity contribution in [2.24, 2.45) is 5.92 Å². The van der Waals surface area contributed by atoms with Crippen LogP contribution in [0.1, 0.15) is 23.7 Å². The van der Waals surface area contributed by atoms with E-state index in [2.05, 4.69) is 12.2 Å². The molecule has 1 aromatic rings. The van der Waals surface area contributed by atoms with E-state index in [1.54, 1.807) is 18.2 Å². The summed E-state index contributed by atoms with van der Waals surface area (Å²) in [5.41, 5.74) is 0.780. The van der Waals surface area contributed by atoms with Crippen molar-refractivity contribution in [2.75, 3.05) is 5.32 Å². The molecule has 1 aliphatic carbocycles. The van der Waals surface area contributed by atoms with E-state index in [9.17, 15) is 4.79 Å². The average molecular weight is 226 g/mol. The Morgan fingerprint density at radius 3 is 2.80 bits per heavy atom. The summed E-state index contributed by atoms with van der Waals surface area (Å²) in [6.07, 6.45) is 1.09. The molecule has 80 valence electrons. The van der Waals surface area contributed by atoms with Gasteiger partial charge in [-0.3, -0.25) is 0 Å². The predicted molar refractivity (Wildman–Crippen MR) is 59.6 cm³/mol. The second-order valence-corrected chi connectivity index (χ2v) is 4.34. The number of nitrogens with one attached hydrogen (secondary N) is 1. The van der Waals surface area contributed by atoms with Gasteiger partial charge in [0.05, 0.1) is 10.7 Å². The number of hydrogen-bond acceptors (Lipinski definition) is 2. The number of hydrogen-bond donors (Lipinski definition) is 2. The van der Waals surface area contributed by atoms with Gasteiger partial charge in [-0.2, -0.15) is 0 Å². The molecule has 0 spiro atoms. The Labute approximate surface area is 93.1 Å². The van der Waals surface area contributed by atoms with Crippen LogP contribution < -0.4 is 5.32 Å². The van der Waals surface area contributed by atoms with Crippen LogP contribution in [0.25, 0.3) is 0 Å². The fourth-order valence-corrected chi connectivity index (χ4v) is 1.84. The Morgan fingerprint density at radius 1 is 1.60 bits per heavy atom. The second kappa shape index (κ2) is 3.74. The van der Waals surface area contributed by atoms with Crippen molar-refractivity contribution >= 4 is 23.3 Å². The van der Waals surface area contributed by atoms with Crippen LogP contribution in [0.5, 0.6) is 0 Å². The minimum Gasteiger partial charge on any atom is -0.478 e. The lowest BCUT2D eigenvalue weighted by Gasteiger charge is -2.09. The summed E-state index contributed by atoms with van der Waals surface area (Å²) >= 11 is 5.84. The summed E-state index contributed by atoms with van der Waals surface area (Å²) in [5, 5.41) is 12.5. The number of halogens is 1. The number of carboxylic acids is 1. The van der Waals surface area contributed by atoms with Crippen LogP contribution >= 0.6 is 11.6 Å². The minimum atomic E-state index is -0.989. The molecule has 1 aliphatic rings. The Bertz CT molecular complexity index is 406. The summed E-state index contributed by atoms with van der Waals surface area (Å²) < 4.78 is 0. The normalized spacial score (nSPS) is 23.6. The van der Waals surface area contributed by atoms with E-state index < -0.39 is 5.97 Å². The van der Waals surface area contributed by atoms with Gasteiger partial charge in [0.1, 0.15) is 5.56 Å². The van der Waals surface area contributed by atoms with E-state index in [-0.39, 0.29) is 10.6 Å². The first kappa shape index (κ1) is 10.3. The van der Waals surface area contributed by atoms with Crippen molar-refractivity contribution in [1.29, 1.82) is 0 Å². The molecular formula is C11H12ClNO2. The largest absolute Gasteiger partial charge is 0.478 e. The Kier molecular flexibility index (Phi) is 2.57. The Morgan fingerprint density at radius 2 is 2.27 bits per heavy atom. The monoisotopic (exact) mass is 225 g/mol. The summed E-state index contributed by atoms with van der Waals surface area (Å²) in [4.78, 5) is 11.0. The first-order chi connectivity index (χ1) is 7.09. The van der Waals surface area contributed by atoms with E-state index >= 15 is 0 Å². The maximum atomic E-state index is 11.0. The molecule has 1 aromatic carbocycles. The number of anilines is 1. The van der Waals surface area contributed by atoms with Gasteiger partial charge in [0.25, 0.3) is 0 Å². The van der Waals surface area contributed by atoms with Gasteiger partial charge in [-0.1, -0.05) is 24.6 Å². The van der Waals surface area contributed by atoms with Crippen LogP contribution in [0, 0.1) is 5.92 Å². The number of carboxylic acid groups (broad SMARTS) is 1. The van der Waals surface area contributed by atoms with Crippen LogP contribution in [0.15, 0.2) is 18.2 Å². The van der Waals surface area contributed by atoms with E-state index in [1.165, 1.54) is 0 Å². The van der Waals surface area contributed by atoms with Crippen LogP contribution in [-0.2, 0) is 0 Å². The molecule has 0 amide bonds. The van der Waals surface area contributed by atoms with Crippen molar-refractivity contribution in [3.8, 4) is 0 Å². The standard InChI is InChI=1S/C11H12ClNO2/c1-6-5-9(6)13-8-4-2-3-7(12)10(8)11(14)15/h2-4,6,9,13H,5H2,1H3,(H,14,15). The molecule has 0 aromatic heterocycles. The molecule has 1 saturated carbocycles. The molecule has 3 nitrogen and oxygen atoms in total. The molecule has 2 rings (SSSR count). The summed E-state index contributed by atoms with van der Waals surface area (Å²) in [7, 11) is 0. The number of benzene rings is 1. The molecule has 0 saturated heterocycles. The SMILES string of the molecule is CC1CC1Nc1cccc(Cl)c1C(=O)O. The minimum absolute atomic E-state index is 0.165. The van der Waals surface area contributed by atoms with Gasteiger partial charge >= 0.3 is 5.97 Å². The molecule has 0 aliphatic heterocycles. The van der Waals surface area contributed by atoms with Crippen LogP contribution in [0.2, 0.25) is 5.02 Å². The van der Waals surface area contributed by atoms with E-state index in [4.69, 9.17) is 16.7 Å². The van der Waals surface area contributed by atoms with Crippen molar-refractivity contribution in [2.45, 2.75) is 19.4 Å². The third kappa shape index (κ3) is 2.07. The smallest absolute Gasteiger partial charge is 0.339 e. The zero-order valence-corrected chi connectivity index (χ0v) is 9.08. The molecule has 2 N–H and O–H groups in total. The highest BCUT2D eigenvalue weighted by atomic mass is 35.5. The van der Waals surface area contributed by atoms with Gasteiger partial charge in [-0.25, -0.2) is 4.79 Å². The Balaban J connectivity index is 2.29. The van der Waals surface area contributed by atoms with E-state index in [0.717, 1.165) is 6.42 Å². The van der Waals surface area contributed by atoms with Gasteiger partial charge in [0.15, 0.2) is 0 Å². The summed E-state index contributed by atoms with van der Waals surface area (Å²) in [6, 6.07) is 5.48. The first-order valence-electron chi connectivity index (χ1n) is 4.88. The van der Waals surface area contributed by atoms with Crippen LogP contribution in [0.4, 0.5) is 5.69 Å². The topological polar surface area (TPSA) is 49.3 Å². The lowest BCUT2D eigenvalue weighted by atomic mass is 10.1. The highest BCUT2D eigenvalue weighted by molar-refractivity contribution is 6.34. The van der Waals surface area contributed by atoms with Gasteiger partial charge in [0.2, 0.25) is 0 Å². The lowest BCUT2D eigenvalue weighted by molar-refractivity contribution is 0.0698. The zero-order valence-electron chi connectivity index (χ0n) is 8.33. The van der Waals surface area contributed by atoms with Crippen LogP contribution in [-0.4, -0.2) is 17.1 Å². The fourth-order valence-electron chi connectivity index (χ4n) is 1.58. The Hall–Kier alpha value is -1.22. The number of rotatable bonds is 3. The lowest BCUT2D eigenvalue weighted by Crippen LogP contribution is -2.09. The van der Waals surface area contributed by atoms with Crippen LogP contribution in [0.3, 0.4) is 0 Å². The molecule has 2 atom stereocenters. The first-order valence-corrected chi connectivity index (χ1v) is 5.25. The molecule has 4 heteroatoms. The molecular weight excluding hydrogens is 214 g/mol. The third-order valence-electron chi connectivity index (χ3n) is 2.68. The molecule has 0 bridgehead atoms. The van der Waals surface area contributed by atoms with E-state index in [1.807, 2.05) is 0 Å². The van der Waals surface area contributed by atoms with Gasteiger partial charge < -0.3 is 10.4 Å². The van der Waals surface area contributed by atoms with Crippen molar-refractivity contribution < 1.29 is 9.90 Å². The van der Waals surface area contributed by atoms with Crippen molar-refractivity contribution in [1.82, 2.24) is 0 Å². The highest BCUT2D eigenvalue weighted by Crippen LogP contribution is 2.35. The third-order valence-corrected chi connectivity index (χ3v) is 2.99. The highest BCUT2D eigenvalue weighted by Gasteiger charge is 2.33. The number of carbonyl (C=O) groups is 1. The predicted octanol–water partition coefficient (Wildman–Crippen LogP) is 2.86. The molecule has 0 heterocycles. The molecule has 2 unspecified atom stereocenters. The van der Waals surface area contributed by atoms with Crippen molar-refractivity contribution in [3.63, 3.8) is 0 Å². The maximum absolute atomic E-state index is 11.0. The fraction of sp³-hybridized carbons (Fsp3) is 0.364. The van der Waals surface area contributed by atoms with Gasteiger partial charge in [-0.05, 0) is 24.5 Å². The summed E-state index contributed by atoms with van der Waals surface area (Å²) in [5.74, 6) is -0.373. The van der Waals surface area contributed by atoms with Gasteiger partial charge in [-0.15, -0.1) is 0 Å². The quantitative estimate of drug-likeness (QED) is 0.832. The zero-order chi connectivity index (χ0) is 11.0. The van der Waals surface area contributed by atoms with Crippen molar-refractivity contribution in [3.05, 3.63) is 28.8 Å². The summed E-state index contributed by atoms with van der Waals surface area (Å²) in [6.45, 7) is 2.13. The average Bonchev–Trinajstić information content (AvgIpc) is 2.81. The second-order valence-electron chi connectivity index (χ2n) is 3.93. The molecule has 1 fully saturated rings.